The van der Waals surface area contributed by atoms with Crippen molar-refractivity contribution in [3.05, 3.63) is 11.1 Å². The molecule has 0 spiro atoms. The van der Waals surface area contributed by atoms with Gasteiger partial charge in [-0.25, -0.2) is 9.78 Å². The van der Waals surface area contributed by atoms with E-state index in [4.69, 9.17) is 4.74 Å². The number of hydrogen-bond acceptors (Lipinski definition) is 5. The quantitative estimate of drug-likeness (QED) is 0.783. The molecule has 1 heterocycles. The monoisotopic (exact) mass is 296 g/mol. The van der Waals surface area contributed by atoms with Crippen molar-refractivity contribution in [2.45, 2.75) is 33.0 Å². The van der Waals surface area contributed by atoms with Crippen molar-refractivity contribution in [2.24, 2.45) is 0 Å². The van der Waals surface area contributed by atoms with Gasteiger partial charge in [-0.2, -0.15) is 13.2 Å². The Bertz CT molecular complexity index is 432. The van der Waals surface area contributed by atoms with Crippen LogP contribution in [0.2, 0.25) is 0 Å². The molecule has 0 aromatic carbocycles. The zero-order chi connectivity index (χ0) is 14.6. The first kappa shape index (κ1) is 15.7. The predicted octanol–water partition coefficient (Wildman–Crippen LogP) is 3.10. The third-order valence-electron chi connectivity index (χ3n) is 2.20. The van der Waals surface area contributed by atoms with Crippen LogP contribution in [0.1, 0.15) is 31.3 Å². The number of hydrogen-bond donors (Lipinski definition) is 0. The second-order valence-electron chi connectivity index (χ2n) is 4.07. The van der Waals surface area contributed by atoms with Gasteiger partial charge in [0.15, 0.2) is 10.8 Å². The van der Waals surface area contributed by atoms with Crippen LogP contribution in [0.4, 0.5) is 18.3 Å². The molecule has 0 amide bonds. The van der Waals surface area contributed by atoms with Gasteiger partial charge in [-0.3, -0.25) is 0 Å². The molecule has 1 aromatic heterocycles. The molecule has 0 radical (unpaired) electrons. The smallest absolute Gasteiger partial charge is 0.406 e. The number of rotatable bonds is 5. The lowest BCUT2D eigenvalue weighted by molar-refractivity contribution is -0.120. The Morgan fingerprint density at radius 2 is 2.16 bits per heavy atom. The number of halogens is 3. The van der Waals surface area contributed by atoms with Gasteiger partial charge < -0.3 is 9.64 Å². The van der Waals surface area contributed by atoms with E-state index in [0.717, 1.165) is 16.2 Å². The van der Waals surface area contributed by atoms with Gasteiger partial charge in [-0.15, -0.1) is 11.3 Å². The summed E-state index contributed by atoms with van der Waals surface area (Å²) in [6, 6.07) is -0.372. The van der Waals surface area contributed by atoms with E-state index in [1.54, 1.807) is 20.8 Å². The second kappa shape index (κ2) is 6.23. The van der Waals surface area contributed by atoms with Gasteiger partial charge in [0.2, 0.25) is 0 Å². The third kappa shape index (κ3) is 4.70. The maximum Gasteiger partial charge on any atom is 0.406 e. The number of carbonyl (C=O) groups excluding carboxylic acids is 1. The summed E-state index contributed by atoms with van der Waals surface area (Å²) < 4.78 is 42.2. The minimum atomic E-state index is -4.32. The highest BCUT2D eigenvalue weighted by atomic mass is 32.1. The van der Waals surface area contributed by atoms with Gasteiger partial charge in [0.25, 0.3) is 0 Å². The first-order valence-electron chi connectivity index (χ1n) is 5.70. The van der Waals surface area contributed by atoms with Crippen LogP contribution in [-0.2, 0) is 4.74 Å². The predicted molar refractivity (Wildman–Crippen MR) is 66.6 cm³/mol. The number of thiazole rings is 1. The molecule has 0 aliphatic carbocycles. The van der Waals surface area contributed by atoms with Crippen molar-refractivity contribution >= 4 is 22.4 Å². The summed E-state index contributed by atoms with van der Waals surface area (Å²) in [6.07, 6.45) is -4.32. The first-order valence-corrected chi connectivity index (χ1v) is 6.58. The molecule has 1 aromatic rings. The van der Waals surface area contributed by atoms with Crippen molar-refractivity contribution in [1.29, 1.82) is 0 Å². The molecule has 0 fully saturated rings. The fourth-order valence-electron chi connectivity index (χ4n) is 1.36. The van der Waals surface area contributed by atoms with Crippen LogP contribution in [0.3, 0.4) is 0 Å². The van der Waals surface area contributed by atoms with Crippen LogP contribution in [0.25, 0.3) is 0 Å². The molecule has 0 saturated carbocycles. The largest absolute Gasteiger partial charge is 0.461 e. The SMILES string of the molecule is CCOC(=O)c1csc(N(CC(F)(F)F)C(C)C)n1. The topological polar surface area (TPSA) is 42.4 Å². The molecule has 0 atom stereocenters. The zero-order valence-electron chi connectivity index (χ0n) is 10.8. The molecule has 8 heteroatoms. The summed E-state index contributed by atoms with van der Waals surface area (Å²) >= 11 is 0.995. The Labute approximate surface area is 113 Å². The van der Waals surface area contributed by atoms with Gasteiger partial charge in [0, 0.05) is 11.4 Å². The Hall–Kier alpha value is -1.31. The number of nitrogens with zero attached hydrogens (tertiary/aromatic N) is 2. The molecule has 0 bridgehead atoms. The van der Waals surface area contributed by atoms with Crippen LogP contribution < -0.4 is 4.90 Å². The van der Waals surface area contributed by atoms with Gasteiger partial charge in [0.05, 0.1) is 6.61 Å². The van der Waals surface area contributed by atoms with E-state index in [9.17, 15) is 18.0 Å². The Morgan fingerprint density at radius 1 is 1.53 bits per heavy atom. The first-order chi connectivity index (χ1) is 8.74. The van der Waals surface area contributed by atoms with E-state index in [1.807, 2.05) is 0 Å². The Kier molecular flexibility index (Phi) is 5.16. The van der Waals surface area contributed by atoms with Crippen molar-refractivity contribution in [3.63, 3.8) is 0 Å². The van der Waals surface area contributed by atoms with Crippen molar-refractivity contribution in [3.8, 4) is 0 Å². The summed E-state index contributed by atoms with van der Waals surface area (Å²) in [5, 5.41) is 1.56. The summed E-state index contributed by atoms with van der Waals surface area (Å²) in [5.74, 6) is -0.624. The summed E-state index contributed by atoms with van der Waals surface area (Å²) in [6.45, 7) is 4.02. The number of esters is 1. The Morgan fingerprint density at radius 3 is 2.63 bits per heavy atom. The second-order valence-corrected chi connectivity index (χ2v) is 4.91. The van der Waals surface area contributed by atoms with Gasteiger partial charge in [-0.1, -0.05) is 0 Å². The lowest BCUT2D eigenvalue weighted by Crippen LogP contribution is -2.39. The zero-order valence-corrected chi connectivity index (χ0v) is 11.6. The molecule has 19 heavy (non-hydrogen) atoms. The maximum atomic E-state index is 12.5. The summed E-state index contributed by atoms with van der Waals surface area (Å²) in [4.78, 5) is 16.4. The van der Waals surface area contributed by atoms with E-state index >= 15 is 0 Å². The number of carbonyl (C=O) groups is 1. The lowest BCUT2D eigenvalue weighted by Gasteiger charge is -2.26. The van der Waals surface area contributed by atoms with Crippen LogP contribution in [0, 0.1) is 0 Å². The molecule has 0 aliphatic heterocycles. The highest BCUT2D eigenvalue weighted by Crippen LogP contribution is 2.27. The molecular formula is C11H15F3N2O2S. The van der Waals surface area contributed by atoms with Crippen molar-refractivity contribution in [1.82, 2.24) is 4.98 Å². The highest BCUT2D eigenvalue weighted by Gasteiger charge is 2.33. The molecule has 0 aliphatic rings. The minimum Gasteiger partial charge on any atom is -0.461 e. The van der Waals surface area contributed by atoms with Crippen LogP contribution in [0.5, 0.6) is 0 Å². The maximum absolute atomic E-state index is 12.5. The fraction of sp³-hybridized carbons (Fsp3) is 0.636. The van der Waals surface area contributed by atoms with Crippen molar-refractivity contribution in [2.75, 3.05) is 18.1 Å². The van der Waals surface area contributed by atoms with E-state index in [1.165, 1.54) is 5.38 Å². The summed E-state index contributed by atoms with van der Waals surface area (Å²) in [7, 11) is 0. The number of aromatic nitrogens is 1. The van der Waals surface area contributed by atoms with Crippen LogP contribution in [0.15, 0.2) is 5.38 Å². The number of anilines is 1. The molecule has 0 saturated heterocycles. The van der Waals surface area contributed by atoms with E-state index in [0.29, 0.717) is 0 Å². The lowest BCUT2D eigenvalue weighted by atomic mass is 10.3. The molecule has 4 nitrogen and oxygen atoms in total. The molecule has 108 valence electrons. The molecule has 1 rings (SSSR count). The number of alkyl halides is 3. The molecule has 0 N–H and O–H groups in total. The van der Waals surface area contributed by atoms with Gasteiger partial charge >= 0.3 is 12.1 Å². The van der Waals surface area contributed by atoms with E-state index < -0.39 is 18.7 Å². The molecule has 0 unspecified atom stereocenters. The van der Waals surface area contributed by atoms with E-state index in [-0.39, 0.29) is 23.5 Å². The minimum absolute atomic E-state index is 0.0367. The number of ether oxygens (including phenoxy) is 1. The normalized spacial score (nSPS) is 11.7. The van der Waals surface area contributed by atoms with Gasteiger partial charge in [-0.05, 0) is 20.8 Å². The summed E-state index contributed by atoms with van der Waals surface area (Å²) in [5.41, 5.74) is 0.0367. The van der Waals surface area contributed by atoms with E-state index in [2.05, 4.69) is 4.98 Å². The highest BCUT2D eigenvalue weighted by molar-refractivity contribution is 7.13. The van der Waals surface area contributed by atoms with Crippen molar-refractivity contribution < 1.29 is 22.7 Å². The van der Waals surface area contributed by atoms with Gasteiger partial charge in [0.1, 0.15) is 6.54 Å². The standard InChI is InChI=1S/C11H15F3N2O2S/c1-4-18-9(17)8-5-19-10(15-8)16(7(2)3)6-11(12,13)14/h5,7H,4,6H2,1-3H3. The average molecular weight is 296 g/mol. The Balaban J connectivity index is 2.89. The fourth-order valence-corrected chi connectivity index (χ4v) is 2.29. The van der Waals surface area contributed by atoms with Crippen LogP contribution in [-0.4, -0.2) is 36.3 Å². The molecular weight excluding hydrogens is 281 g/mol. The van der Waals surface area contributed by atoms with Crippen LogP contribution >= 0.6 is 11.3 Å². The average Bonchev–Trinajstić information content (AvgIpc) is 2.73. The third-order valence-corrected chi connectivity index (χ3v) is 3.07.